The zero-order valence-corrected chi connectivity index (χ0v) is 11.4. The lowest BCUT2D eigenvalue weighted by Gasteiger charge is -2.26. The minimum atomic E-state index is 0.442. The van der Waals surface area contributed by atoms with Gasteiger partial charge in [0, 0.05) is 22.3 Å². The zero-order chi connectivity index (χ0) is 11.5. The molecule has 0 heterocycles. The van der Waals surface area contributed by atoms with Crippen LogP contribution in [0.5, 0.6) is 0 Å². The molecule has 0 atom stereocenters. The predicted molar refractivity (Wildman–Crippen MR) is 75.9 cm³/mol. The molecule has 2 nitrogen and oxygen atoms in total. The Kier molecular flexibility index (Phi) is 3.82. The van der Waals surface area contributed by atoms with E-state index in [2.05, 4.69) is 21.2 Å². The molecule has 0 saturated heterocycles. The summed E-state index contributed by atoms with van der Waals surface area (Å²) in [5.74, 6) is 0.822. The van der Waals surface area contributed by atoms with Gasteiger partial charge < -0.3 is 11.1 Å². The van der Waals surface area contributed by atoms with E-state index in [1.54, 1.807) is 0 Å². The first kappa shape index (κ1) is 11.9. The summed E-state index contributed by atoms with van der Waals surface area (Å²) in [6, 6.07) is 5.99. The Balaban J connectivity index is 2.08. The second kappa shape index (κ2) is 5.15. The van der Waals surface area contributed by atoms with E-state index in [1.807, 2.05) is 18.2 Å². The van der Waals surface area contributed by atoms with Gasteiger partial charge in [-0.1, -0.05) is 34.6 Å². The molecule has 3 N–H and O–H groups in total. The van der Waals surface area contributed by atoms with Crippen molar-refractivity contribution < 1.29 is 0 Å². The quantitative estimate of drug-likeness (QED) is 0.838. The molecule has 0 aliphatic heterocycles. The molecule has 4 heteroatoms. The van der Waals surface area contributed by atoms with Gasteiger partial charge in [-0.15, -0.1) is 0 Å². The van der Waals surface area contributed by atoms with Crippen LogP contribution >= 0.6 is 28.1 Å². The zero-order valence-electron chi connectivity index (χ0n) is 9.00. The third-order valence-electron chi connectivity index (χ3n) is 3.05. The summed E-state index contributed by atoms with van der Waals surface area (Å²) in [4.78, 5) is 0.442. The molecule has 1 aromatic rings. The molecule has 1 fully saturated rings. The highest BCUT2D eigenvalue weighted by Gasteiger charge is 2.17. The molecule has 0 spiro atoms. The summed E-state index contributed by atoms with van der Waals surface area (Å²) >= 11 is 8.47. The van der Waals surface area contributed by atoms with Crippen molar-refractivity contribution in [2.24, 2.45) is 11.7 Å². The number of benzene rings is 1. The Hall–Kier alpha value is -0.610. The van der Waals surface area contributed by atoms with E-state index in [0.717, 1.165) is 28.2 Å². The molecule has 0 unspecified atom stereocenters. The number of hydrogen-bond donors (Lipinski definition) is 2. The molecular formula is C12H15BrN2S. The molecule has 0 radical (unpaired) electrons. The molecule has 1 aliphatic rings. The maximum absolute atomic E-state index is 5.71. The van der Waals surface area contributed by atoms with Crippen molar-refractivity contribution in [2.75, 3.05) is 11.9 Å². The van der Waals surface area contributed by atoms with Crippen LogP contribution in [-0.4, -0.2) is 11.5 Å². The van der Waals surface area contributed by atoms with Crippen molar-refractivity contribution in [3.63, 3.8) is 0 Å². The van der Waals surface area contributed by atoms with Gasteiger partial charge in [-0.3, -0.25) is 0 Å². The van der Waals surface area contributed by atoms with Gasteiger partial charge in [-0.05, 0) is 37.0 Å². The summed E-state index contributed by atoms with van der Waals surface area (Å²) in [6.45, 7) is 1.03. The fraction of sp³-hybridized carbons (Fsp3) is 0.417. The lowest BCUT2D eigenvalue weighted by Crippen LogP contribution is -2.22. The molecule has 1 aromatic carbocycles. The number of nitrogens with two attached hydrogens (primary N) is 1. The highest BCUT2D eigenvalue weighted by Crippen LogP contribution is 2.27. The summed E-state index contributed by atoms with van der Waals surface area (Å²) < 4.78 is 1.00. The maximum Gasteiger partial charge on any atom is 0.106 e. The van der Waals surface area contributed by atoms with Gasteiger partial charge in [0.2, 0.25) is 0 Å². The molecule has 1 saturated carbocycles. The fourth-order valence-electron chi connectivity index (χ4n) is 1.83. The van der Waals surface area contributed by atoms with Crippen molar-refractivity contribution in [3.8, 4) is 0 Å². The standard InChI is InChI=1S/C12H15BrN2S/c13-9-4-5-11(10(6-9)12(14)16)15-7-8-2-1-3-8/h4-6,8,15H,1-3,7H2,(H2,14,16). The van der Waals surface area contributed by atoms with Crippen molar-refractivity contribution in [1.82, 2.24) is 0 Å². The Morgan fingerprint density at radius 2 is 2.25 bits per heavy atom. The highest BCUT2D eigenvalue weighted by molar-refractivity contribution is 9.10. The van der Waals surface area contributed by atoms with Gasteiger partial charge in [0.1, 0.15) is 4.99 Å². The first-order valence-corrected chi connectivity index (χ1v) is 6.70. The first-order valence-electron chi connectivity index (χ1n) is 5.50. The normalized spacial score (nSPS) is 15.6. The third kappa shape index (κ3) is 2.74. The minimum absolute atomic E-state index is 0.442. The van der Waals surface area contributed by atoms with E-state index in [9.17, 15) is 0 Å². The summed E-state index contributed by atoms with van der Waals surface area (Å²) in [7, 11) is 0. The Bertz CT molecular complexity index is 402. The Morgan fingerprint density at radius 3 is 2.81 bits per heavy atom. The number of anilines is 1. The van der Waals surface area contributed by atoms with Crippen LogP contribution in [-0.2, 0) is 0 Å². The van der Waals surface area contributed by atoms with Crippen molar-refractivity contribution in [2.45, 2.75) is 19.3 Å². The van der Waals surface area contributed by atoms with Crippen LogP contribution in [0.1, 0.15) is 24.8 Å². The van der Waals surface area contributed by atoms with Crippen LogP contribution < -0.4 is 11.1 Å². The van der Waals surface area contributed by atoms with Gasteiger partial charge >= 0.3 is 0 Å². The molecule has 0 amide bonds. The molecule has 86 valence electrons. The fourth-order valence-corrected chi connectivity index (χ4v) is 2.36. The van der Waals surface area contributed by atoms with Gasteiger partial charge in [0.15, 0.2) is 0 Å². The van der Waals surface area contributed by atoms with Gasteiger partial charge in [-0.2, -0.15) is 0 Å². The minimum Gasteiger partial charge on any atom is -0.389 e. The van der Waals surface area contributed by atoms with Crippen molar-refractivity contribution in [1.29, 1.82) is 0 Å². The summed E-state index contributed by atoms with van der Waals surface area (Å²) in [6.07, 6.45) is 4.05. The van der Waals surface area contributed by atoms with E-state index in [-0.39, 0.29) is 0 Å². The predicted octanol–water partition coefficient (Wildman–Crippen LogP) is 3.30. The van der Waals surface area contributed by atoms with Crippen molar-refractivity contribution >= 4 is 38.8 Å². The van der Waals surface area contributed by atoms with Crippen LogP contribution in [0.3, 0.4) is 0 Å². The van der Waals surface area contributed by atoms with Crippen molar-refractivity contribution in [3.05, 3.63) is 28.2 Å². The van der Waals surface area contributed by atoms with E-state index in [4.69, 9.17) is 18.0 Å². The smallest absolute Gasteiger partial charge is 0.106 e. The lowest BCUT2D eigenvalue weighted by atomic mass is 9.85. The number of thiocarbonyl (C=S) groups is 1. The Labute approximate surface area is 110 Å². The van der Waals surface area contributed by atoms with Crippen LogP contribution in [0.4, 0.5) is 5.69 Å². The second-order valence-corrected chi connectivity index (χ2v) is 5.59. The lowest BCUT2D eigenvalue weighted by molar-refractivity contribution is 0.333. The van der Waals surface area contributed by atoms with Gasteiger partial charge in [0.25, 0.3) is 0 Å². The molecular weight excluding hydrogens is 284 g/mol. The molecule has 0 bridgehead atoms. The van der Waals surface area contributed by atoms with Crippen LogP contribution in [0.25, 0.3) is 0 Å². The average Bonchev–Trinajstić information content (AvgIpc) is 2.17. The number of halogens is 1. The first-order chi connectivity index (χ1) is 7.66. The largest absolute Gasteiger partial charge is 0.389 e. The average molecular weight is 299 g/mol. The van der Waals surface area contributed by atoms with Crippen LogP contribution in [0, 0.1) is 5.92 Å². The van der Waals surface area contributed by atoms with Gasteiger partial charge in [-0.25, -0.2) is 0 Å². The molecule has 0 aromatic heterocycles. The highest BCUT2D eigenvalue weighted by atomic mass is 79.9. The molecule has 2 rings (SSSR count). The van der Waals surface area contributed by atoms with Crippen LogP contribution in [0.15, 0.2) is 22.7 Å². The number of nitrogens with one attached hydrogen (secondary N) is 1. The van der Waals surface area contributed by atoms with Crippen LogP contribution in [0.2, 0.25) is 0 Å². The summed E-state index contributed by atoms with van der Waals surface area (Å²) in [5, 5.41) is 3.44. The number of hydrogen-bond acceptors (Lipinski definition) is 2. The third-order valence-corrected chi connectivity index (χ3v) is 3.77. The van der Waals surface area contributed by atoms with E-state index >= 15 is 0 Å². The van der Waals surface area contributed by atoms with E-state index in [1.165, 1.54) is 19.3 Å². The molecule has 16 heavy (non-hydrogen) atoms. The van der Waals surface area contributed by atoms with Gasteiger partial charge in [0.05, 0.1) is 0 Å². The van der Waals surface area contributed by atoms with E-state index in [0.29, 0.717) is 4.99 Å². The topological polar surface area (TPSA) is 38.0 Å². The summed E-state index contributed by atoms with van der Waals surface area (Å²) in [5.41, 5.74) is 7.67. The molecule has 1 aliphatic carbocycles. The Morgan fingerprint density at radius 1 is 1.50 bits per heavy atom. The second-order valence-electron chi connectivity index (χ2n) is 4.23. The monoisotopic (exact) mass is 298 g/mol. The SMILES string of the molecule is NC(=S)c1cc(Br)ccc1NCC1CCC1. The van der Waals surface area contributed by atoms with E-state index < -0.39 is 0 Å². The maximum atomic E-state index is 5.71. The number of rotatable bonds is 4.